The van der Waals surface area contributed by atoms with Gasteiger partial charge in [0.05, 0.1) is 0 Å². The average Bonchev–Trinajstić information content (AvgIpc) is 3.22. The molecular weight excluding hydrogens is 454 g/mol. The molecule has 4 fully saturated rings. The second-order valence-electron chi connectivity index (χ2n) is 14.5. The minimum atomic E-state index is -0.290. The molecule has 1 aromatic rings. The number of carbonyl (C=O) groups excluding carboxylic acids is 1. The maximum atomic E-state index is 12.6. The maximum Gasteiger partial charge on any atom is 0.411 e. The van der Waals surface area contributed by atoms with E-state index in [2.05, 4.69) is 39.9 Å². The molecule has 0 unspecified atom stereocenters. The second-order valence-corrected chi connectivity index (χ2v) is 14.5. The molecule has 0 aromatic heterocycles. The van der Waals surface area contributed by atoms with Crippen molar-refractivity contribution in [3.8, 4) is 0 Å². The van der Waals surface area contributed by atoms with Gasteiger partial charge >= 0.3 is 6.09 Å². The molecule has 1 aromatic carbocycles. The molecule has 0 heterocycles. The van der Waals surface area contributed by atoms with Crippen LogP contribution >= 0.6 is 0 Å². The fourth-order valence-corrected chi connectivity index (χ4v) is 10.2. The largest absolute Gasteiger partial charge is 0.446 e. The lowest BCUT2D eigenvalue weighted by Crippen LogP contribution is -2.54. The lowest BCUT2D eigenvalue weighted by atomic mass is 9.44. The average molecular weight is 508 g/mol. The van der Waals surface area contributed by atoms with Crippen molar-refractivity contribution in [1.29, 1.82) is 0 Å². The van der Waals surface area contributed by atoms with E-state index in [9.17, 15) is 4.79 Å². The van der Waals surface area contributed by atoms with Crippen molar-refractivity contribution in [3.05, 3.63) is 30.3 Å². The number of hydrogen-bond donors (Lipinski definition) is 1. The van der Waals surface area contributed by atoms with Crippen molar-refractivity contribution >= 4 is 11.8 Å². The van der Waals surface area contributed by atoms with Crippen molar-refractivity contribution < 1.29 is 9.53 Å². The summed E-state index contributed by atoms with van der Waals surface area (Å²) in [6, 6.07) is 9.67. The van der Waals surface area contributed by atoms with Crippen molar-refractivity contribution in [2.24, 2.45) is 52.3 Å². The molecule has 3 nitrogen and oxygen atoms in total. The highest BCUT2D eigenvalue weighted by Crippen LogP contribution is 2.68. The van der Waals surface area contributed by atoms with Crippen LogP contribution in [0.25, 0.3) is 0 Å². The van der Waals surface area contributed by atoms with Gasteiger partial charge in [-0.2, -0.15) is 0 Å². The van der Waals surface area contributed by atoms with Crippen LogP contribution in [0.3, 0.4) is 0 Å². The van der Waals surface area contributed by atoms with E-state index in [4.69, 9.17) is 4.74 Å². The SMILES string of the molecule is CC(C)CCC[C@@H](C)[C@H]1CC[C@H]2[C@@H]3CC[C@H]4C[C@@H](OC(=O)Nc5ccccc5)CC[C@]4(C)[C@H]3CC[C@]12C. The standard InChI is InChI=1S/C34H53NO2/c1-23(2)10-9-11-24(3)29-16-17-30-28-15-14-25-22-27(37-32(36)35-26-12-7-6-8-13-26)18-20-33(25,4)31(28)19-21-34(29,30)5/h6-8,12-13,23-25,27-31H,9-11,14-22H2,1-5H3,(H,35,36)/t24-,25+,27+,28+,29-,30+,31+,33+,34-/m1/s1. The normalized spacial score (nSPS) is 39.8. The lowest BCUT2D eigenvalue weighted by molar-refractivity contribution is -0.129. The van der Waals surface area contributed by atoms with E-state index in [1.807, 2.05) is 30.3 Å². The molecule has 3 heteroatoms. The highest BCUT2D eigenvalue weighted by atomic mass is 16.6. The Morgan fingerprint density at radius 2 is 1.65 bits per heavy atom. The fraction of sp³-hybridized carbons (Fsp3) is 0.794. The summed E-state index contributed by atoms with van der Waals surface area (Å²) in [4.78, 5) is 12.6. The van der Waals surface area contributed by atoms with E-state index in [0.29, 0.717) is 16.7 Å². The molecule has 0 spiro atoms. The summed E-state index contributed by atoms with van der Waals surface area (Å²) in [5.41, 5.74) is 1.81. The number of rotatable bonds is 7. The predicted octanol–water partition coefficient (Wildman–Crippen LogP) is 9.72. The summed E-state index contributed by atoms with van der Waals surface area (Å²) in [7, 11) is 0. The zero-order valence-electron chi connectivity index (χ0n) is 24.3. The van der Waals surface area contributed by atoms with Crippen LogP contribution in [0.4, 0.5) is 10.5 Å². The molecule has 0 radical (unpaired) electrons. The molecule has 4 saturated carbocycles. The topological polar surface area (TPSA) is 38.3 Å². The first-order valence-corrected chi connectivity index (χ1v) is 15.7. The lowest BCUT2D eigenvalue weighted by Gasteiger charge is -2.61. The number of benzene rings is 1. The number of carbonyl (C=O) groups is 1. The summed E-state index contributed by atoms with van der Waals surface area (Å²) < 4.78 is 5.95. The van der Waals surface area contributed by atoms with Crippen molar-refractivity contribution in [1.82, 2.24) is 0 Å². The van der Waals surface area contributed by atoms with Crippen LogP contribution in [-0.4, -0.2) is 12.2 Å². The Morgan fingerprint density at radius 1 is 0.919 bits per heavy atom. The van der Waals surface area contributed by atoms with E-state index in [1.54, 1.807) is 0 Å². The second kappa shape index (κ2) is 10.9. The highest BCUT2D eigenvalue weighted by Gasteiger charge is 2.60. The third-order valence-corrected chi connectivity index (χ3v) is 12.1. The molecule has 0 saturated heterocycles. The van der Waals surface area contributed by atoms with Crippen LogP contribution in [-0.2, 0) is 4.74 Å². The Morgan fingerprint density at radius 3 is 2.41 bits per heavy atom. The number of ether oxygens (including phenoxy) is 1. The van der Waals surface area contributed by atoms with Gasteiger partial charge in [0.2, 0.25) is 0 Å². The summed E-state index contributed by atoms with van der Waals surface area (Å²) in [5, 5.41) is 2.92. The van der Waals surface area contributed by atoms with E-state index < -0.39 is 0 Å². The Kier molecular flexibility index (Phi) is 8.00. The van der Waals surface area contributed by atoms with Gasteiger partial charge in [-0.15, -0.1) is 0 Å². The van der Waals surface area contributed by atoms with Gasteiger partial charge in [-0.25, -0.2) is 4.79 Å². The van der Waals surface area contributed by atoms with Gasteiger partial charge in [-0.05, 0) is 122 Å². The summed E-state index contributed by atoms with van der Waals surface area (Å²) in [5.74, 6) is 6.09. The third kappa shape index (κ3) is 5.35. The smallest absolute Gasteiger partial charge is 0.411 e. The molecule has 5 rings (SSSR count). The van der Waals surface area contributed by atoms with Gasteiger partial charge in [-0.3, -0.25) is 5.32 Å². The summed E-state index contributed by atoms with van der Waals surface area (Å²) >= 11 is 0. The van der Waals surface area contributed by atoms with Gasteiger partial charge in [0.25, 0.3) is 0 Å². The number of para-hydroxylation sites is 1. The Balaban J connectivity index is 1.19. The third-order valence-electron chi connectivity index (χ3n) is 12.1. The minimum absolute atomic E-state index is 0.0646. The molecule has 0 aliphatic heterocycles. The zero-order valence-corrected chi connectivity index (χ0v) is 24.3. The van der Waals surface area contributed by atoms with Gasteiger partial charge in [0.15, 0.2) is 0 Å². The number of hydrogen-bond acceptors (Lipinski definition) is 2. The number of anilines is 1. The predicted molar refractivity (Wildman–Crippen MR) is 153 cm³/mol. The first kappa shape index (κ1) is 27.1. The van der Waals surface area contributed by atoms with Crippen LogP contribution in [0.1, 0.15) is 112 Å². The Bertz CT molecular complexity index is 914. The number of amides is 1. The molecule has 1 amide bonds. The molecular formula is C34H53NO2. The summed E-state index contributed by atoms with van der Waals surface area (Å²) in [6.45, 7) is 12.6. The monoisotopic (exact) mass is 507 g/mol. The van der Waals surface area contributed by atoms with Gasteiger partial charge in [0, 0.05) is 5.69 Å². The molecule has 37 heavy (non-hydrogen) atoms. The quantitative estimate of drug-likeness (QED) is 0.399. The van der Waals surface area contributed by atoms with Gasteiger partial charge < -0.3 is 4.74 Å². The van der Waals surface area contributed by atoms with Crippen molar-refractivity contribution in [2.75, 3.05) is 5.32 Å². The van der Waals surface area contributed by atoms with Crippen LogP contribution in [0, 0.1) is 52.3 Å². The van der Waals surface area contributed by atoms with Crippen molar-refractivity contribution in [2.45, 2.75) is 118 Å². The fourth-order valence-electron chi connectivity index (χ4n) is 10.2. The number of nitrogens with one attached hydrogen (secondary N) is 1. The highest BCUT2D eigenvalue weighted by molar-refractivity contribution is 5.84. The van der Waals surface area contributed by atoms with Crippen molar-refractivity contribution in [3.63, 3.8) is 0 Å². The molecule has 0 bridgehead atoms. The molecule has 4 aliphatic carbocycles. The van der Waals surface area contributed by atoms with E-state index in [0.717, 1.165) is 54.0 Å². The zero-order chi connectivity index (χ0) is 26.2. The van der Waals surface area contributed by atoms with Gasteiger partial charge in [0.1, 0.15) is 6.10 Å². The first-order chi connectivity index (χ1) is 17.7. The molecule has 9 atom stereocenters. The maximum absolute atomic E-state index is 12.6. The van der Waals surface area contributed by atoms with Gasteiger partial charge in [-0.1, -0.05) is 72.1 Å². The van der Waals surface area contributed by atoms with E-state index >= 15 is 0 Å². The van der Waals surface area contributed by atoms with Crippen LogP contribution in [0.2, 0.25) is 0 Å². The Hall–Kier alpha value is -1.51. The number of fused-ring (bicyclic) bond motifs is 5. The van der Waals surface area contributed by atoms with Crippen LogP contribution in [0.5, 0.6) is 0 Å². The first-order valence-electron chi connectivity index (χ1n) is 15.7. The minimum Gasteiger partial charge on any atom is -0.446 e. The van der Waals surface area contributed by atoms with E-state index in [1.165, 1.54) is 64.2 Å². The van der Waals surface area contributed by atoms with E-state index in [-0.39, 0.29) is 12.2 Å². The summed E-state index contributed by atoms with van der Waals surface area (Å²) in [6.07, 6.45) is 15.9. The van der Waals surface area contributed by atoms with Crippen LogP contribution in [0.15, 0.2) is 30.3 Å². The van der Waals surface area contributed by atoms with Crippen LogP contribution < -0.4 is 5.32 Å². The molecule has 4 aliphatic rings. The molecule has 206 valence electrons. The molecule has 1 N–H and O–H groups in total. The Labute approximate surface area is 226 Å².